The smallest absolute Gasteiger partial charge is 0.337 e. The lowest BCUT2D eigenvalue weighted by Gasteiger charge is -2.09. The van der Waals surface area contributed by atoms with Gasteiger partial charge >= 0.3 is 5.97 Å². The van der Waals surface area contributed by atoms with Crippen molar-refractivity contribution in [3.63, 3.8) is 0 Å². The number of hydrogen-bond acceptors (Lipinski definition) is 6. The molecule has 0 atom stereocenters. The molecule has 4 aromatic rings. The number of carbonyl (C=O) groups excluding carboxylic acids is 1. The molecule has 0 radical (unpaired) electrons. The van der Waals surface area contributed by atoms with Gasteiger partial charge in [-0.3, -0.25) is 0 Å². The monoisotopic (exact) mass is 379 g/mol. The maximum Gasteiger partial charge on any atom is 0.337 e. The number of thiophene rings is 1. The minimum absolute atomic E-state index is 0.279. The van der Waals surface area contributed by atoms with Crippen molar-refractivity contribution in [1.29, 1.82) is 0 Å². The number of nitrogens with zero attached hydrogens (tertiary/aromatic N) is 2. The molecule has 2 heterocycles. The molecule has 0 unspecified atom stereocenters. The molecule has 2 aromatic heterocycles. The molecule has 0 bridgehead atoms. The van der Waals surface area contributed by atoms with Crippen LogP contribution in [0, 0.1) is 5.82 Å². The first kappa shape index (κ1) is 17.1. The van der Waals surface area contributed by atoms with Crippen molar-refractivity contribution in [3.05, 3.63) is 71.6 Å². The number of benzene rings is 2. The fraction of sp³-hybridized carbons (Fsp3) is 0.0500. The van der Waals surface area contributed by atoms with Crippen LogP contribution >= 0.6 is 11.3 Å². The number of fused-ring (bicyclic) bond motifs is 1. The highest BCUT2D eigenvalue weighted by Crippen LogP contribution is 2.37. The second kappa shape index (κ2) is 7.13. The van der Waals surface area contributed by atoms with Crippen molar-refractivity contribution in [2.45, 2.75) is 0 Å². The molecule has 0 amide bonds. The van der Waals surface area contributed by atoms with Gasteiger partial charge in [-0.05, 0) is 42.0 Å². The van der Waals surface area contributed by atoms with Crippen molar-refractivity contribution < 1.29 is 13.9 Å². The third-order valence-corrected chi connectivity index (χ3v) is 4.98. The molecule has 5 nitrogen and oxygen atoms in total. The van der Waals surface area contributed by atoms with E-state index in [-0.39, 0.29) is 11.8 Å². The van der Waals surface area contributed by atoms with Crippen LogP contribution in [0.4, 0.5) is 15.9 Å². The van der Waals surface area contributed by atoms with E-state index in [0.717, 1.165) is 27.0 Å². The Bertz CT molecular complexity index is 1110. The van der Waals surface area contributed by atoms with Crippen LogP contribution in [0.25, 0.3) is 21.3 Å². The van der Waals surface area contributed by atoms with Gasteiger partial charge in [0, 0.05) is 16.6 Å². The molecule has 0 saturated heterocycles. The number of nitrogens with one attached hydrogen (secondary N) is 1. The average Bonchev–Trinajstić information content (AvgIpc) is 3.14. The van der Waals surface area contributed by atoms with Gasteiger partial charge in [0.15, 0.2) is 0 Å². The van der Waals surface area contributed by atoms with Crippen molar-refractivity contribution in [1.82, 2.24) is 9.97 Å². The van der Waals surface area contributed by atoms with Crippen molar-refractivity contribution in [3.8, 4) is 11.1 Å². The third kappa shape index (κ3) is 3.37. The molecule has 7 heteroatoms. The van der Waals surface area contributed by atoms with Gasteiger partial charge in [0.1, 0.15) is 22.8 Å². The summed E-state index contributed by atoms with van der Waals surface area (Å²) in [5.74, 6) is -0.0209. The highest BCUT2D eigenvalue weighted by atomic mass is 32.1. The van der Waals surface area contributed by atoms with E-state index >= 15 is 0 Å². The normalized spacial score (nSPS) is 10.7. The molecular formula is C20H14FN3O2S. The van der Waals surface area contributed by atoms with Gasteiger partial charge in [0.2, 0.25) is 0 Å². The number of carbonyl (C=O) groups is 1. The topological polar surface area (TPSA) is 64.1 Å². The number of aromatic nitrogens is 2. The Labute approximate surface area is 158 Å². The SMILES string of the molecule is COC(=O)c1ccc(Nc2ncnc3scc(-c4ccc(F)cc4)c23)cc1. The van der Waals surface area contributed by atoms with Crippen LogP contribution in [0.3, 0.4) is 0 Å². The van der Waals surface area contributed by atoms with Gasteiger partial charge < -0.3 is 10.1 Å². The maximum absolute atomic E-state index is 13.3. The number of anilines is 2. The lowest BCUT2D eigenvalue weighted by molar-refractivity contribution is 0.0601. The molecule has 27 heavy (non-hydrogen) atoms. The highest BCUT2D eigenvalue weighted by Gasteiger charge is 2.14. The molecule has 2 aromatic carbocycles. The molecule has 0 aliphatic carbocycles. The van der Waals surface area contributed by atoms with Gasteiger partial charge in [-0.25, -0.2) is 19.2 Å². The van der Waals surface area contributed by atoms with E-state index in [2.05, 4.69) is 15.3 Å². The Balaban J connectivity index is 1.73. The fourth-order valence-corrected chi connectivity index (χ4v) is 3.67. The number of ether oxygens (including phenoxy) is 1. The summed E-state index contributed by atoms with van der Waals surface area (Å²) in [6, 6.07) is 13.3. The molecule has 4 rings (SSSR count). The van der Waals surface area contributed by atoms with E-state index in [1.54, 1.807) is 36.4 Å². The molecule has 0 spiro atoms. The highest BCUT2D eigenvalue weighted by molar-refractivity contribution is 7.17. The Morgan fingerprint density at radius 3 is 2.52 bits per heavy atom. The van der Waals surface area contributed by atoms with Crippen LogP contribution in [0.1, 0.15) is 10.4 Å². The van der Waals surface area contributed by atoms with Gasteiger partial charge in [-0.1, -0.05) is 12.1 Å². The Morgan fingerprint density at radius 1 is 1.07 bits per heavy atom. The zero-order valence-corrected chi connectivity index (χ0v) is 15.1. The first-order valence-corrected chi connectivity index (χ1v) is 8.97. The van der Waals surface area contributed by atoms with E-state index in [0.29, 0.717) is 11.4 Å². The summed E-state index contributed by atoms with van der Waals surface area (Å²) in [7, 11) is 1.35. The number of methoxy groups -OCH3 is 1. The summed E-state index contributed by atoms with van der Waals surface area (Å²) >= 11 is 1.50. The standard InChI is InChI=1S/C20H14FN3O2S/c1-26-20(25)13-4-8-15(9-5-13)24-18-17-16(10-27-19(17)23-11-22-18)12-2-6-14(21)7-3-12/h2-11H,1H3,(H,22,23,24). The van der Waals surface area contributed by atoms with Crippen LogP contribution < -0.4 is 5.32 Å². The minimum atomic E-state index is -0.387. The molecule has 1 N–H and O–H groups in total. The summed E-state index contributed by atoms with van der Waals surface area (Å²) < 4.78 is 18.0. The minimum Gasteiger partial charge on any atom is -0.465 e. The fourth-order valence-electron chi connectivity index (χ4n) is 2.76. The summed E-state index contributed by atoms with van der Waals surface area (Å²) in [5, 5.41) is 6.12. The summed E-state index contributed by atoms with van der Waals surface area (Å²) in [6.07, 6.45) is 1.50. The van der Waals surface area contributed by atoms with Crippen LogP contribution in [-0.2, 0) is 4.74 Å². The maximum atomic E-state index is 13.3. The van der Waals surface area contributed by atoms with E-state index in [1.807, 2.05) is 5.38 Å². The quantitative estimate of drug-likeness (QED) is 0.504. The Hall–Kier alpha value is -3.32. The van der Waals surface area contributed by atoms with Crippen molar-refractivity contribution >= 4 is 39.0 Å². The summed E-state index contributed by atoms with van der Waals surface area (Å²) in [5.41, 5.74) is 3.07. The van der Waals surface area contributed by atoms with Crippen molar-refractivity contribution in [2.24, 2.45) is 0 Å². The van der Waals surface area contributed by atoms with Gasteiger partial charge in [0.25, 0.3) is 0 Å². The van der Waals surface area contributed by atoms with E-state index in [4.69, 9.17) is 4.74 Å². The molecule has 134 valence electrons. The van der Waals surface area contributed by atoms with E-state index in [1.165, 1.54) is 36.9 Å². The van der Waals surface area contributed by atoms with Crippen LogP contribution in [0.2, 0.25) is 0 Å². The third-order valence-electron chi connectivity index (χ3n) is 4.09. The van der Waals surface area contributed by atoms with Crippen LogP contribution in [-0.4, -0.2) is 23.0 Å². The summed E-state index contributed by atoms with van der Waals surface area (Å²) in [6.45, 7) is 0. The molecular weight excluding hydrogens is 365 g/mol. The lowest BCUT2D eigenvalue weighted by Crippen LogP contribution is -2.01. The zero-order chi connectivity index (χ0) is 18.8. The predicted octanol–water partition coefficient (Wildman–Crippen LogP) is 5.03. The van der Waals surface area contributed by atoms with Crippen molar-refractivity contribution in [2.75, 3.05) is 12.4 Å². The van der Waals surface area contributed by atoms with E-state index in [9.17, 15) is 9.18 Å². The molecule has 0 aliphatic rings. The van der Waals surface area contributed by atoms with Crippen LogP contribution in [0.15, 0.2) is 60.2 Å². The number of halogens is 1. The second-order valence-corrected chi connectivity index (χ2v) is 6.61. The number of rotatable bonds is 4. The second-order valence-electron chi connectivity index (χ2n) is 5.75. The number of hydrogen-bond donors (Lipinski definition) is 1. The van der Waals surface area contributed by atoms with Crippen LogP contribution in [0.5, 0.6) is 0 Å². The van der Waals surface area contributed by atoms with Gasteiger partial charge in [-0.15, -0.1) is 11.3 Å². The molecule has 0 fully saturated rings. The molecule has 0 saturated carbocycles. The largest absolute Gasteiger partial charge is 0.465 e. The Morgan fingerprint density at radius 2 is 1.81 bits per heavy atom. The van der Waals surface area contributed by atoms with E-state index < -0.39 is 0 Å². The first-order chi connectivity index (χ1) is 13.2. The first-order valence-electron chi connectivity index (χ1n) is 8.09. The van der Waals surface area contributed by atoms with Gasteiger partial charge in [-0.2, -0.15) is 0 Å². The summed E-state index contributed by atoms with van der Waals surface area (Å²) in [4.78, 5) is 21.1. The predicted molar refractivity (Wildman–Crippen MR) is 104 cm³/mol. The van der Waals surface area contributed by atoms with Gasteiger partial charge in [0.05, 0.1) is 18.1 Å². The average molecular weight is 379 g/mol. The Kier molecular flexibility index (Phi) is 4.52. The molecule has 0 aliphatic heterocycles. The number of esters is 1. The zero-order valence-electron chi connectivity index (χ0n) is 14.3. The lowest BCUT2D eigenvalue weighted by atomic mass is 10.1.